The summed E-state index contributed by atoms with van der Waals surface area (Å²) >= 11 is 12.4. The van der Waals surface area contributed by atoms with E-state index < -0.39 is 6.04 Å². The first kappa shape index (κ1) is 21.6. The fourth-order valence-corrected chi connectivity index (χ4v) is 4.64. The van der Waals surface area contributed by atoms with Crippen LogP contribution in [-0.2, 0) is 9.59 Å². The van der Waals surface area contributed by atoms with Gasteiger partial charge in [0, 0.05) is 21.9 Å². The van der Waals surface area contributed by atoms with E-state index in [9.17, 15) is 9.59 Å². The van der Waals surface area contributed by atoms with Crippen molar-refractivity contribution in [2.24, 2.45) is 5.92 Å². The number of amides is 1. The van der Waals surface area contributed by atoms with Crippen molar-refractivity contribution in [3.05, 3.63) is 82.4 Å². The first-order valence-corrected chi connectivity index (χ1v) is 10.6. The lowest BCUT2D eigenvalue weighted by molar-refractivity contribution is -0.148. The van der Waals surface area contributed by atoms with Crippen LogP contribution in [0.4, 0.5) is 0 Å². The molecule has 0 spiro atoms. The molecule has 1 fully saturated rings. The summed E-state index contributed by atoms with van der Waals surface area (Å²) in [5.74, 6) is -0.206. The van der Waals surface area contributed by atoms with Gasteiger partial charge in [0.05, 0.1) is 12.1 Å². The molecule has 0 aromatic heterocycles. The molecule has 1 saturated heterocycles. The Bertz CT molecular complexity index is 881. The maximum absolute atomic E-state index is 13.4. The number of nitrogens with zero attached hydrogens (tertiary/aromatic N) is 1. The van der Waals surface area contributed by atoms with Crippen molar-refractivity contribution in [1.29, 1.82) is 0 Å². The second-order valence-corrected chi connectivity index (χ2v) is 8.34. The molecule has 0 radical (unpaired) electrons. The van der Waals surface area contributed by atoms with Crippen molar-refractivity contribution < 1.29 is 9.59 Å². The number of hydrogen-bond donors (Lipinski definition) is 0. The molecule has 2 aromatic rings. The lowest BCUT2D eigenvalue weighted by Crippen LogP contribution is -2.52. The van der Waals surface area contributed by atoms with Crippen LogP contribution in [0, 0.1) is 5.92 Å². The number of benzene rings is 2. The van der Waals surface area contributed by atoms with Gasteiger partial charge in [-0.1, -0.05) is 60.5 Å². The standard InChI is InChI=1S/C24H25Cl2NO2/c1-3-6-18-14-22(17-7-5-8-20(26)13-17)23(16-9-11-19(25)12-10-16)27(24(18)29)21(4-2)15-28/h3,5,7-13,15,18,21-23H,1,4,6,14H2,2H3/t18-,21-,22?,23+/m0/s1. The molecular formula is C24H25Cl2NO2. The molecule has 152 valence electrons. The van der Waals surface area contributed by atoms with Crippen LogP contribution in [0.2, 0.25) is 10.0 Å². The molecule has 3 nitrogen and oxygen atoms in total. The van der Waals surface area contributed by atoms with E-state index >= 15 is 0 Å². The van der Waals surface area contributed by atoms with Gasteiger partial charge in [-0.15, -0.1) is 6.58 Å². The minimum Gasteiger partial charge on any atom is -0.325 e. The zero-order valence-electron chi connectivity index (χ0n) is 16.4. The van der Waals surface area contributed by atoms with Crippen molar-refractivity contribution >= 4 is 35.4 Å². The number of allylic oxidation sites excluding steroid dienone is 1. The van der Waals surface area contributed by atoms with Crippen LogP contribution in [0.3, 0.4) is 0 Å². The zero-order valence-corrected chi connectivity index (χ0v) is 17.9. The Hall–Kier alpha value is -2.10. The van der Waals surface area contributed by atoms with Gasteiger partial charge in [-0.3, -0.25) is 4.79 Å². The summed E-state index contributed by atoms with van der Waals surface area (Å²) in [6.07, 6.45) is 4.47. The van der Waals surface area contributed by atoms with E-state index in [1.54, 1.807) is 11.0 Å². The summed E-state index contributed by atoms with van der Waals surface area (Å²) < 4.78 is 0. The highest BCUT2D eigenvalue weighted by atomic mass is 35.5. The van der Waals surface area contributed by atoms with Crippen LogP contribution >= 0.6 is 23.2 Å². The number of aldehydes is 1. The lowest BCUT2D eigenvalue weighted by Gasteiger charge is -2.47. The van der Waals surface area contributed by atoms with E-state index in [4.69, 9.17) is 23.2 Å². The van der Waals surface area contributed by atoms with Gasteiger partial charge in [0.15, 0.2) is 0 Å². The predicted molar refractivity (Wildman–Crippen MR) is 118 cm³/mol. The van der Waals surface area contributed by atoms with Gasteiger partial charge in [-0.2, -0.15) is 0 Å². The highest BCUT2D eigenvalue weighted by molar-refractivity contribution is 6.30. The molecule has 1 unspecified atom stereocenters. The second kappa shape index (κ2) is 9.60. The van der Waals surface area contributed by atoms with E-state index in [1.165, 1.54) is 0 Å². The van der Waals surface area contributed by atoms with Gasteiger partial charge in [-0.25, -0.2) is 0 Å². The molecule has 0 N–H and O–H groups in total. The Labute approximate surface area is 182 Å². The monoisotopic (exact) mass is 429 g/mol. The van der Waals surface area contributed by atoms with Crippen molar-refractivity contribution in [2.75, 3.05) is 0 Å². The molecule has 1 aliphatic rings. The maximum Gasteiger partial charge on any atom is 0.227 e. The van der Waals surface area contributed by atoms with Gasteiger partial charge in [0.25, 0.3) is 0 Å². The summed E-state index contributed by atoms with van der Waals surface area (Å²) in [5.41, 5.74) is 2.02. The van der Waals surface area contributed by atoms with E-state index in [0.717, 1.165) is 17.4 Å². The number of carbonyl (C=O) groups excluding carboxylic acids is 2. The largest absolute Gasteiger partial charge is 0.325 e. The highest BCUT2D eigenvalue weighted by Crippen LogP contribution is 2.47. The number of piperidine rings is 1. The van der Waals surface area contributed by atoms with Gasteiger partial charge < -0.3 is 9.69 Å². The van der Waals surface area contributed by atoms with Gasteiger partial charge >= 0.3 is 0 Å². The Morgan fingerprint density at radius 3 is 2.45 bits per heavy atom. The third-order valence-electron chi connectivity index (χ3n) is 5.70. The molecule has 0 saturated carbocycles. The van der Waals surface area contributed by atoms with Crippen molar-refractivity contribution in [1.82, 2.24) is 4.90 Å². The fourth-order valence-electron chi connectivity index (χ4n) is 4.31. The number of hydrogen-bond acceptors (Lipinski definition) is 2. The summed E-state index contributed by atoms with van der Waals surface area (Å²) in [5, 5.41) is 1.29. The molecular weight excluding hydrogens is 405 g/mol. The van der Waals surface area contributed by atoms with Crippen LogP contribution in [0.15, 0.2) is 61.2 Å². The van der Waals surface area contributed by atoms with Gasteiger partial charge in [0.2, 0.25) is 5.91 Å². The first-order chi connectivity index (χ1) is 14.0. The molecule has 29 heavy (non-hydrogen) atoms. The normalized spacial score (nSPS) is 22.9. The molecule has 4 atom stereocenters. The first-order valence-electron chi connectivity index (χ1n) is 9.89. The third kappa shape index (κ3) is 4.57. The Morgan fingerprint density at radius 1 is 1.14 bits per heavy atom. The summed E-state index contributed by atoms with van der Waals surface area (Å²) in [6.45, 7) is 5.75. The highest BCUT2D eigenvalue weighted by Gasteiger charge is 2.45. The number of halogens is 2. The van der Waals surface area contributed by atoms with E-state index in [-0.39, 0.29) is 23.8 Å². The van der Waals surface area contributed by atoms with Crippen molar-refractivity contribution in [3.63, 3.8) is 0 Å². The van der Waals surface area contributed by atoms with E-state index in [0.29, 0.717) is 29.3 Å². The zero-order chi connectivity index (χ0) is 21.0. The molecule has 2 aromatic carbocycles. The average molecular weight is 430 g/mol. The Morgan fingerprint density at radius 2 is 1.86 bits per heavy atom. The molecule has 0 bridgehead atoms. The maximum atomic E-state index is 13.4. The van der Waals surface area contributed by atoms with Crippen LogP contribution in [0.5, 0.6) is 0 Å². The predicted octanol–water partition coefficient (Wildman–Crippen LogP) is 6.22. The van der Waals surface area contributed by atoms with E-state index in [2.05, 4.69) is 6.58 Å². The molecule has 1 heterocycles. The molecule has 1 aliphatic heterocycles. The van der Waals surface area contributed by atoms with E-state index in [1.807, 2.05) is 55.5 Å². The smallest absolute Gasteiger partial charge is 0.227 e. The number of carbonyl (C=O) groups is 2. The van der Waals surface area contributed by atoms with Crippen LogP contribution in [-0.4, -0.2) is 23.1 Å². The molecule has 5 heteroatoms. The lowest BCUT2D eigenvalue weighted by atomic mass is 9.74. The molecule has 3 rings (SSSR count). The fraction of sp³-hybridized carbons (Fsp3) is 0.333. The Balaban J connectivity index is 2.17. The van der Waals surface area contributed by atoms with Crippen LogP contribution in [0.1, 0.15) is 49.3 Å². The number of likely N-dealkylation sites (tertiary alicyclic amines) is 1. The number of rotatable bonds is 7. The SMILES string of the molecule is C=CC[C@H]1CC(c2cccc(Cl)c2)[C@@H](c2ccc(Cl)cc2)N([C@H](C=O)CC)C1=O. The molecule has 0 aliphatic carbocycles. The summed E-state index contributed by atoms with van der Waals surface area (Å²) in [4.78, 5) is 27.1. The average Bonchev–Trinajstić information content (AvgIpc) is 2.72. The summed E-state index contributed by atoms with van der Waals surface area (Å²) in [6, 6.07) is 14.5. The van der Waals surface area contributed by atoms with Crippen molar-refractivity contribution in [2.45, 2.75) is 44.2 Å². The van der Waals surface area contributed by atoms with Gasteiger partial charge in [-0.05, 0) is 54.7 Å². The Kier molecular flexibility index (Phi) is 7.15. The molecule has 1 amide bonds. The van der Waals surface area contributed by atoms with Crippen LogP contribution in [0.25, 0.3) is 0 Å². The minimum absolute atomic E-state index is 0.00192. The minimum atomic E-state index is -0.488. The van der Waals surface area contributed by atoms with Crippen molar-refractivity contribution in [3.8, 4) is 0 Å². The quantitative estimate of drug-likeness (QED) is 0.386. The third-order valence-corrected chi connectivity index (χ3v) is 6.18. The van der Waals surface area contributed by atoms with Crippen LogP contribution < -0.4 is 0 Å². The summed E-state index contributed by atoms with van der Waals surface area (Å²) in [7, 11) is 0. The van der Waals surface area contributed by atoms with Gasteiger partial charge in [0.1, 0.15) is 6.29 Å². The topological polar surface area (TPSA) is 37.4 Å². The second-order valence-electron chi connectivity index (χ2n) is 7.47.